The van der Waals surface area contributed by atoms with Gasteiger partial charge in [0.1, 0.15) is 0 Å². The highest BCUT2D eigenvalue weighted by Crippen LogP contribution is 2.17. The molecule has 3 nitrogen and oxygen atoms in total. The number of amides is 1. The highest BCUT2D eigenvalue weighted by atomic mass is 16.5. The van der Waals surface area contributed by atoms with E-state index in [1.807, 2.05) is 0 Å². The number of rotatable bonds is 7. The van der Waals surface area contributed by atoms with E-state index in [1.165, 1.54) is 19.9 Å². The minimum absolute atomic E-state index is 0.0153. The summed E-state index contributed by atoms with van der Waals surface area (Å²) >= 11 is 0. The van der Waals surface area contributed by atoms with Crippen LogP contribution < -0.4 is 0 Å². The van der Waals surface area contributed by atoms with Crippen LogP contribution in [0.1, 0.15) is 52.4 Å². The number of carbonyl (C=O) groups is 1. The molecule has 0 heterocycles. The zero-order valence-electron chi connectivity index (χ0n) is 9.62. The van der Waals surface area contributed by atoms with Gasteiger partial charge in [0.05, 0.1) is 0 Å². The van der Waals surface area contributed by atoms with Gasteiger partial charge in [0.2, 0.25) is 5.91 Å². The van der Waals surface area contributed by atoms with Gasteiger partial charge in [-0.3, -0.25) is 10.0 Å². The van der Waals surface area contributed by atoms with E-state index in [4.69, 9.17) is 5.21 Å². The van der Waals surface area contributed by atoms with E-state index in [0.717, 1.165) is 30.7 Å². The molecule has 0 radical (unpaired) electrons. The molecule has 0 aromatic heterocycles. The maximum Gasteiger partial charge on any atom is 0.248 e. The molecular formula is C11H23NO2. The quantitative estimate of drug-likeness (QED) is 0.391. The van der Waals surface area contributed by atoms with Gasteiger partial charge in [-0.15, -0.1) is 0 Å². The van der Waals surface area contributed by atoms with Crippen LogP contribution in [0.3, 0.4) is 0 Å². The maximum atomic E-state index is 11.5. The fourth-order valence-corrected chi connectivity index (χ4v) is 1.64. The predicted molar refractivity (Wildman–Crippen MR) is 57.1 cm³/mol. The summed E-state index contributed by atoms with van der Waals surface area (Å²) in [6, 6.07) is 0. The highest BCUT2D eigenvalue weighted by Gasteiger charge is 2.19. The van der Waals surface area contributed by atoms with Crippen molar-refractivity contribution in [3.05, 3.63) is 0 Å². The van der Waals surface area contributed by atoms with E-state index in [1.54, 1.807) is 0 Å². The van der Waals surface area contributed by atoms with Crippen molar-refractivity contribution in [1.82, 2.24) is 5.06 Å². The predicted octanol–water partition coefficient (Wildman–Crippen LogP) is 2.83. The third-order valence-corrected chi connectivity index (χ3v) is 2.46. The van der Waals surface area contributed by atoms with Crippen LogP contribution in [0.2, 0.25) is 0 Å². The number of carbonyl (C=O) groups excluding carboxylic acids is 1. The van der Waals surface area contributed by atoms with Crippen LogP contribution in [0, 0.1) is 5.92 Å². The summed E-state index contributed by atoms with van der Waals surface area (Å²) in [5.41, 5.74) is 0. The van der Waals surface area contributed by atoms with Gasteiger partial charge in [-0.2, -0.15) is 0 Å². The number of unbranched alkanes of at least 4 members (excludes halogenated alkanes) is 2. The second-order valence-corrected chi connectivity index (χ2v) is 3.84. The van der Waals surface area contributed by atoms with Crippen LogP contribution in [0.5, 0.6) is 0 Å². The third-order valence-electron chi connectivity index (χ3n) is 2.46. The lowest BCUT2D eigenvalue weighted by Crippen LogP contribution is -2.30. The first kappa shape index (κ1) is 13.4. The van der Waals surface area contributed by atoms with Crippen molar-refractivity contribution in [1.29, 1.82) is 0 Å². The molecule has 1 N–H and O–H groups in total. The summed E-state index contributed by atoms with van der Waals surface area (Å²) < 4.78 is 0. The van der Waals surface area contributed by atoms with Crippen LogP contribution in [-0.2, 0) is 4.79 Å². The van der Waals surface area contributed by atoms with Gasteiger partial charge < -0.3 is 0 Å². The molecule has 0 aliphatic rings. The largest absolute Gasteiger partial charge is 0.286 e. The molecule has 0 rings (SSSR count). The molecule has 0 aromatic rings. The van der Waals surface area contributed by atoms with E-state index in [2.05, 4.69) is 13.8 Å². The SMILES string of the molecule is CCCCCC(CCC)C(=O)N(C)O. The van der Waals surface area contributed by atoms with E-state index >= 15 is 0 Å². The van der Waals surface area contributed by atoms with E-state index in [9.17, 15) is 4.79 Å². The molecule has 0 saturated heterocycles. The monoisotopic (exact) mass is 201 g/mol. The number of hydrogen-bond acceptors (Lipinski definition) is 2. The molecule has 84 valence electrons. The fraction of sp³-hybridized carbons (Fsp3) is 0.909. The Kier molecular flexibility index (Phi) is 7.48. The lowest BCUT2D eigenvalue weighted by atomic mass is 9.95. The molecule has 0 bridgehead atoms. The zero-order valence-corrected chi connectivity index (χ0v) is 9.62. The molecule has 3 heteroatoms. The van der Waals surface area contributed by atoms with Crippen LogP contribution in [0.15, 0.2) is 0 Å². The summed E-state index contributed by atoms with van der Waals surface area (Å²) in [4.78, 5) is 11.5. The molecule has 0 saturated carbocycles. The molecule has 0 aromatic carbocycles. The van der Waals surface area contributed by atoms with Crippen LogP contribution in [0.25, 0.3) is 0 Å². The fourth-order valence-electron chi connectivity index (χ4n) is 1.64. The molecule has 1 atom stereocenters. The summed E-state index contributed by atoms with van der Waals surface area (Å²) in [5.74, 6) is -0.121. The summed E-state index contributed by atoms with van der Waals surface area (Å²) in [6.45, 7) is 4.21. The molecular weight excluding hydrogens is 178 g/mol. The zero-order chi connectivity index (χ0) is 11.0. The second-order valence-electron chi connectivity index (χ2n) is 3.84. The normalized spacial score (nSPS) is 12.6. The van der Waals surface area contributed by atoms with Crippen LogP contribution in [0.4, 0.5) is 0 Å². The number of hydrogen-bond donors (Lipinski definition) is 1. The summed E-state index contributed by atoms with van der Waals surface area (Å²) in [6.07, 6.45) is 6.21. The lowest BCUT2D eigenvalue weighted by molar-refractivity contribution is -0.164. The van der Waals surface area contributed by atoms with Crippen molar-refractivity contribution in [2.75, 3.05) is 7.05 Å². The molecule has 1 amide bonds. The Balaban J connectivity index is 3.94. The molecule has 0 aliphatic carbocycles. The Morgan fingerprint density at radius 1 is 1.21 bits per heavy atom. The van der Waals surface area contributed by atoms with Crippen molar-refractivity contribution in [2.24, 2.45) is 5.92 Å². The summed E-state index contributed by atoms with van der Waals surface area (Å²) in [5, 5.41) is 9.79. The van der Waals surface area contributed by atoms with Gasteiger partial charge in [0, 0.05) is 13.0 Å². The average molecular weight is 201 g/mol. The van der Waals surface area contributed by atoms with Crippen molar-refractivity contribution in [3.8, 4) is 0 Å². The molecule has 14 heavy (non-hydrogen) atoms. The van der Waals surface area contributed by atoms with Crippen molar-refractivity contribution in [3.63, 3.8) is 0 Å². The van der Waals surface area contributed by atoms with Gasteiger partial charge in [-0.1, -0.05) is 39.5 Å². The van der Waals surface area contributed by atoms with Crippen molar-refractivity contribution in [2.45, 2.75) is 52.4 Å². The molecule has 0 aliphatic heterocycles. The van der Waals surface area contributed by atoms with Gasteiger partial charge in [-0.25, -0.2) is 5.06 Å². The molecule has 1 unspecified atom stereocenters. The first-order chi connectivity index (χ1) is 6.63. The second kappa shape index (κ2) is 7.80. The Hall–Kier alpha value is -0.570. The van der Waals surface area contributed by atoms with E-state index < -0.39 is 0 Å². The highest BCUT2D eigenvalue weighted by molar-refractivity contribution is 5.77. The van der Waals surface area contributed by atoms with Gasteiger partial charge in [0.15, 0.2) is 0 Å². The van der Waals surface area contributed by atoms with E-state index in [0.29, 0.717) is 0 Å². The van der Waals surface area contributed by atoms with Gasteiger partial charge >= 0.3 is 0 Å². The minimum atomic E-state index is -0.136. The molecule has 0 spiro atoms. The van der Waals surface area contributed by atoms with Crippen molar-refractivity contribution >= 4 is 5.91 Å². The standard InChI is InChI=1S/C11H23NO2/c1-4-6-7-9-10(8-5-2)11(13)12(3)14/h10,14H,4-9H2,1-3H3. The smallest absolute Gasteiger partial charge is 0.248 e. The Bertz CT molecular complexity index is 157. The lowest BCUT2D eigenvalue weighted by Gasteiger charge is -2.18. The maximum absolute atomic E-state index is 11.5. The Labute approximate surface area is 87.1 Å². The van der Waals surface area contributed by atoms with Gasteiger partial charge in [-0.05, 0) is 12.8 Å². The first-order valence-corrected chi connectivity index (χ1v) is 5.59. The Morgan fingerprint density at radius 3 is 2.29 bits per heavy atom. The van der Waals surface area contributed by atoms with Crippen molar-refractivity contribution < 1.29 is 10.0 Å². The first-order valence-electron chi connectivity index (χ1n) is 5.59. The summed E-state index contributed by atoms with van der Waals surface area (Å²) in [7, 11) is 1.41. The van der Waals surface area contributed by atoms with Crippen LogP contribution >= 0.6 is 0 Å². The third kappa shape index (κ3) is 5.22. The topological polar surface area (TPSA) is 40.5 Å². The van der Waals surface area contributed by atoms with Crippen LogP contribution in [-0.4, -0.2) is 23.2 Å². The molecule has 0 fully saturated rings. The van der Waals surface area contributed by atoms with E-state index in [-0.39, 0.29) is 11.8 Å². The minimum Gasteiger partial charge on any atom is -0.286 e. The number of hydroxylamine groups is 2. The average Bonchev–Trinajstić information content (AvgIpc) is 2.15. The van der Waals surface area contributed by atoms with Gasteiger partial charge in [0.25, 0.3) is 0 Å². The Morgan fingerprint density at radius 2 is 1.86 bits per heavy atom. The number of nitrogens with zero attached hydrogens (tertiary/aromatic N) is 1.